The molecule has 0 unspecified atom stereocenters. The summed E-state index contributed by atoms with van der Waals surface area (Å²) in [5, 5.41) is 0. The molecule has 2 N–H and O–H groups in total. The maximum absolute atomic E-state index is 6.13. The first-order valence-corrected chi connectivity index (χ1v) is 5.76. The van der Waals surface area contributed by atoms with Crippen molar-refractivity contribution in [3.05, 3.63) is 0 Å². The quantitative estimate of drug-likeness (QED) is 0.713. The molecular weight excluding hydrogens is 158 g/mol. The van der Waals surface area contributed by atoms with Crippen LogP contribution in [0.2, 0.25) is 0 Å². The van der Waals surface area contributed by atoms with Gasteiger partial charge in [0.15, 0.2) is 0 Å². The second-order valence-corrected chi connectivity index (χ2v) is 5.70. The van der Waals surface area contributed by atoms with Gasteiger partial charge in [0.25, 0.3) is 0 Å². The minimum atomic E-state index is 0.290. The highest BCUT2D eigenvalue weighted by atomic mass is 14.7. The standard InChI is InChI=1S/C12H25N/c1-12(2,3)11(13)9-8-10-6-4-5-7-10/h10-11H,4-9,13H2,1-3H3/t11-/m0/s1. The Morgan fingerprint density at radius 3 is 2.23 bits per heavy atom. The van der Waals surface area contributed by atoms with E-state index in [9.17, 15) is 0 Å². The summed E-state index contributed by atoms with van der Waals surface area (Å²) in [6.45, 7) is 6.73. The van der Waals surface area contributed by atoms with Gasteiger partial charge in [0.05, 0.1) is 0 Å². The van der Waals surface area contributed by atoms with Crippen LogP contribution in [0.5, 0.6) is 0 Å². The van der Waals surface area contributed by atoms with Gasteiger partial charge in [-0.15, -0.1) is 0 Å². The van der Waals surface area contributed by atoms with E-state index in [1.54, 1.807) is 0 Å². The Hall–Kier alpha value is -0.0400. The lowest BCUT2D eigenvalue weighted by molar-refractivity contribution is 0.285. The molecule has 0 radical (unpaired) electrons. The zero-order valence-electron chi connectivity index (χ0n) is 9.47. The van der Waals surface area contributed by atoms with Crippen molar-refractivity contribution in [1.82, 2.24) is 0 Å². The van der Waals surface area contributed by atoms with E-state index in [1.807, 2.05) is 0 Å². The van der Waals surface area contributed by atoms with E-state index in [-0.39, 0.29) is 0 Å². The molecule has 1 rings (SSSR count). The fourth-order valence-corrected chi connectivity index (χ4v) is 2.15. The second kappa shape index (κ2) is 4.45. The summed E-state index contributed by atoms with van der Waals surface area (Å²) in [7, 11) is 0. The van der Waals surface area contributed by atoms with Gasteiger partial charge in [-0.05, 0) is 24.2 Å². The number of hydrogen-bond donors (Lipinski definition) is 1. The van der Waals surface area contributed by atoms with Crippen LogP contribution in [0.15, 0.2) is 0 Å². The van der Waals surface area contributed by atoms with Gasteiger partial charge >= 0.3 is 0 Å². The lowest BCUT2D eigenvalue weighted by atomic mass is 9.83. The molecule has 0 aromatic carbocycles. The molecule has 1 aliphatic rings. The van der Waals surface area contributed by atoms with E-state index in [4.69, 9.17) is 5.73 Å². The molecule has 0 saturated heterocycles. The Morgan fingerprint density at radius 2 is 1.77 bits per heavy atom. The minimum Gasteiger partial charge on any atom is -0.327 e. The van der Waals surface area contributed by atoms with Gasteiger partial charge in [-0.1, -0.05) is 46.5 Å². The summed E-state index contributed by atoms with van der Waals surface area (Å²) in [5.74, 6) is 0.994. The normalized spacial score (nSPS) is 22.2. The van der Waals surface area contributed by atoms with Crippen LogP contribution in [-0.4, -0.2) is 6.04 Å². The Kier molecular flexibility index (Phi) is 3.78. The van der Waals surface area contributed by atoms with Gasteiger partial charge in [0, 0.05) is 6.04 Å². The molecule has 1 heteroatoms. The minimum absolute atomic E-state index is 0.290. The Balaban J connectivity index is 2.17. The molecule has 1 nitrogen and oxygen atoms in total. The Bertz CT molecular complexity index is 140. The highest BCUT2D eigenvalue weighted by Crippen LogP contribution is 2.31. The lowest BCUT2D eigenvalue weighted by Gasteiger charge is -2.27. The van der Waals surface area contributed by atoms with Gasteiger partial charge in [0.2, 0.25) is 0 Å². The molecule has 0 heterocycles. The summed E-state index contributed by atoms with van der Waals surface area (Å²) < 4.78 is 0. The molecule has 1 aliphatic carbocycles. The van der Waals surface area contributed by atoms with E-state index in [0.717, 1.165) is 5.92 Å². The van der Waals surface area contributed by atoms with Crippen LogP contribution in [0, 0.1) is 11.3 Å². The number of rotatable bonds is 3. The van der Waals surface area contributed by atoms with E-state index < -0.39 is 0 Å². The third-order valence-corrected chi connectivity index (χ3v) is 3.47. The first kappa shape index (κ1) is 11.0. The summed E-state index contributed by atoms with van der Waals surface area (Å²) in [6.07, 6.45) is 8.39. The van der Waals surface area contributed by atoms with Crippen LogP contribution >= 0.6 is 0 Å². The van der Waals surface area contributed by atoms with Crippen LogP contribution in [0.4, 0.5) is 0 Å². The van der Waals surface area contributed by atoms with E-state index in [2.05, 4.69) is 20.8 Å². The Labute approximate surface area is 83.1 Å². The molecule has 0 amide bonds. The van der Waals surface area contributed by atoms with Crippen molar-refractivity contribution in [2.24, 2.45) is 17.1 Å². The zero-order chi connectivity index (χ0) is 9.90. The highest BCUT2D eigenvalue weighted by molar-refractivity contribution is 4.78. The predicted molar refractivity (Wildman–Crippen MR) is 58.6 cm³/mol. The topological polar surface area (TPSA) is 26.0 Å². The fourth-order valence-electron chi connectivity index (χ4n) is 2.15. The summed E-state index contributed by atoms with van der Waals surface area (Å²) in [4.78, 5) is 0. The summed E-state index contributed by atoms with van der Waals surface area (Å²) in [6, 6.07) is 0.382. The van der Waals surface area contributed by atoms with E-state index >= 15 is 0 Å². The van der Waals surface area contributed by atoms with Crippen molar-refractivity contribution in [2.75, 3.05) is 0 Å². The van der Waals surface area contributed by atoms with E-state index in [1.165, 1.54) is 38.5 Å². The van der Waals surface area contributed by atoms with Crippen molar-refractivity contribution >= 4 is 0 Å². The molecule has 1 saturated carbocycles. The van der Waals surface area contributed by atoms with Gasteiger partial charge in [-0.3, -0.25) is 0 Å². The summed E-state index contributed by atoms with van der Waals surface area (Å²) >= 11 is 0. The largest absolute Gasteiger partial charge is 0.327 e. The lowest BCUT2D eigenvalue weighted by Crippen LogP contribution is -2.35. The zero-order valence-corrected chi connectivity index (χ0v) is 9.47. The van der Waals surface area contributed by atoms with Crippen LogP contribution in [0.25, 0.3) is 0 Å². The fraction of sp³-hybridized carbons (Fsp3) is 1.00. The second-order valence-electron chi connectivity index (χ2n) is 5.70. The highest BCUT2D eigenvalue weighted by Gasteiger charge is 2.22. The average molecular weight is 183 g/mol. The smallest absolute Gasteiger partial charge is 0.00877 e. The van der Waals surface area contributed by atoms with Gasteiger partial charge in [-0.2, -0.15) is 0 Å². The molecule has 78 valence electrons. The van der Waals surface area contributed by atoms with Crippen molar-refractivity contribution in [3.63, 3.8) is 0 Å². The molecule has 0 spiro atoms. The Morgan fingerprint density at radius 1 is 1.23 bits per heavy atom. The van der Waals surface area contributed by atoms with Crippen molar-refractivity contribution in [1.29, 1.82) is 0 Å². The van der Waals surface area contributed by atoms with Crippen molar-refractivity contribution in [2.45, 2.75) is 65.3 Å². The SMILES string of the molecule is CC(C)(C)[C@@H](N)CCC1CCCC1. The van der Waals surface area contributed by atoms with Crippen LogP contribution in [0.3, 0.4) is 0 Å². The maximum Gasteiger partial charge on any atom is 0.00877 e. The third-order valence-electron chi connectivity index (χ3n) is 3.47. The average Bonchev–Trinajstić information content (AvgIpc) is 2.50. The first-order valence-electron chi connectivity index (χ1n) is 5.76. The number of nitrogens with two attached hydrogens (primary N) is 1. The van der Waals surface area contributed by atoms with Gasteiger partial charge in [0.1, 0.15) is 0 Å². The van der Waals surface area contributed by atoms with Crippen LogP contribution in [0.1, 0.15) is 59.3 Å². The number of hydrogen-bond acceptors (Lipinski definition) is 1. The molecule has 13 heavy (non-hydrogen) atoms. The molecule has 0 bridgehead atoms. The van der Waals surface area contributed by atoms with Crippen molar-refractivity contribution < 1.29 is 0 Å². The van der Waals surface area contributed by atoms with E-state index in [0.29, 0.717) is 11.5 Å². The molecule has 1 atom stereocenters. The molecule has 0 aromatic rings. The van der Waals surface area contributed by atoms with Gasteiger partial charge < -0.3 is 5.73 Å². The molecule has 1 fully saturated rings. The molecule has 0 aliphatic heterocycles. The van der Waals surface area contributed by atoms with Crippen molar-refractivity contribution in [3.8, 4) is 0 Å². The first-order chi connectivity index (χ1) is 6.00. The predicted octanol–water partition coefficient (Wildman–Crippen LogP) is 3.33. The third kappa shape index (κ3) is 3.68. The molecule has 0 aromatic heterocycles. The van der Waals surface area contributed by atoms with Gasteiger partial charge in [-0.25, -0.2) is 0 Å². The monoisotopic (exact) mass is 183 g/mol. The molecular formula is C12H25N. The van der Waals surface area contributed by atoms with Crippen LogP contribution in [-0.2, 0) is 0 Å². The van der Waals surface area contributed by atoms with Crippen LogP contribution < -0.4 is 5.73 Å². The summed E-state index contributed by atoms with van der Waals surface area (Å²) in [5.41, 5.74) is 6.42. The maximum atomic E-state index is 6.13.